The lowest BCUT2D eigenvalue weighted by molar-refractivity contribution is -0.139. The fourth-order valence-corrected chi connectivity index (χ4v) is 8.12. The number of thiazole rings is 1. The molecule has 0 saturated carbocycles. The molecule has 55 heavy (non-hydrogen) atoms. The number of esters is 1. The van der Waals surface area contributed by atoms with Crippen LogP contribution in [-0.2, 0) is 30.2 Å². The van der Waals surface area contributed by atoms with E-state index in [-0.39, 0.29) is 53.0 Å². The fraction of sp³-hybridized carbons (Fsp3) is 0.211. The average Bonchev–Trinajstić information content (AvgIpc) is 3.67. The van der Waals surface area contributed by atoms with Crippen LogP contribution in [0.5, 0.6) is 17.5 Å². The number of fused-ring (bicyclic) bond motifs is 2. The van der Waals surface area contributed by atoms with Gasteiger partial charge in [0.2, 0.25) is 0 Å². The fourth-order valence-electron chi connectivity index (χ4n) is 6.36. The molecule has 1 aliphatic rings. The Bertz CT molecular complexity index is 2910. The molecule has 0 N–H and O–H groups in total. The molecule has 13 nitrogen and oxygen atoms in total. The van der Waals surface area contributed by atoms with Crippen LogP contribution in [0.2, 0.25) is 15.1 Å². The van der Waals surface area contributed by atoms with Crippen LogP contribution in [0.1, 0.15) is 36.6 Å². The number of imidazole rings is 1. The number of carbonyl (C=O) groups excluding carboxylic acids is 1. The maximum Gasteiger partial charge on any atom is 0.338 e. The van der Waals surface area contributed by atoms with E-state index >= 15 is 0 Å². The number of carbonyl (C=O) groups is 1. The Morgan fingerprint density at radius 2 is 1.71 bits per heavy atom. The SMILES string of the molecule is CCOC(=O)C1=C(C)N=c2sc(=Cc3ccc(Oc4nc5c(c(=O)n(C)c(=O)n5C)n4Cc4ccc(Cl)cc4Cl)c(OC)c3)c(=O)n2C1c1ccccc1Cl. The van der Waals surface area contributed by atoms with E-state index in [9.17, 15) is 19.2 Å². The first kappa shape index (κ1) is 37.9. The molecule has 0 amide bonds. The highest BCUT2D eigenvalue weighted by atomic mass is 35.5. The van der Waals surface area contributed by atoms with Gasteiger partial charge in [-0.2, -0.15) is 4.98 Å². The summed E-state index contributed by atoms with van der Waals surface area (Å²) in [5.74, 6) is -0.0772. The number of methoxy groups -OCH3 is 1. The number of halogens is 3. The van der Waals surface area contributed by atoms with Crippen molar-refractivity contribution in [2.24, 2.45) is 19.1 Å². The predicted octanol–water partition coefficient (Wildman–Crippen LogP) is 5.35. The van der Waals surface area contributed by atoms with Gasteiger partial charge in [0.1, 0.15) is 6.04 Å². The summed E-state index contributed by atoms with van der Waals surface area (Å²) in [6.07, 6.45) is 1.68. The summed E-state index contributed by atoms with van der Waals surface area (Å²) in [4.78, 5) is 63.2. The summed E-state index contributed by atoms with van der Waals surface area (Å²) in [5, 5.41) is 1.18. The molecule has 17 heteroatoms. The second-order valence-electron chi connectivity index (χ2n) is 12.4. The third-order valence-electron chi connectivity index (χ3n) is 9.06. The lowest BCUT2D eigenvalue weighted by Gasteiger charge is -2.25. The number of nitrogens with zero attached hydrogens (tertiary/aromatic N) is 6. The number of allylic oxidation sites excluding steroid dienone is 1. The molecule has 0 spiro atoms. The number of aryl methyl sites for hydroxylation is 1. The van der Waals surface area contributed by atoms with Crippen LogP contribution < -0.4 is 35.6 Å². The molecule has 0 aliphatic carbocycles. The van der Waals surface area contributed by atoms with E-state index in [2.05, 4.69) is 9.98 Å². The summed E-state index contributed by atoms with van der Waals surface area (Å²) in [7, 11) is 4.35. The Hall–Kier alpha value is -5.41. The van der Waals surface area contributed by atoms with Crippen LogP contribution in [0, 0.1) is 0 Å². The van der Waals surface area contributed by atoms with Crippen LogP contribution in [0.15, 0.2) is 91.3 Å². The van der Waals surface area contributed by atoms with E-state index < -0.39 is 23.3 Å². The Balaban J connectivity index is 1.32. The van der Waals surface area contributed by atoms with Crippen LogP contribution >= 0.6 is 46.1 Å². The van der Waals surface area contributed by atoms with Gasteiger partial charge in [-0.05, 0) is 66.9 Å². The van der Waals surface area contributed by atoms with Crippen molar-refractivity contribution in [1.82, 2.24) is 23.3 Å². The molecule has 3 aromatic heterocycles. The van der Waals surface area contributed by atoms with Crippen LogP contribution in [-0.4, -0.2) is 42.9 Å². The summed E-state index contributed by atoms with van der Waals surface area (Å²) in [5.41, 5.74) is 1.11. The number of ether oxygens (including phenoxy) is 3. The predicted molar refractivity (Wildman–Crippen MR) is 211 cm³/mol. The van der Waals surface area contributed by atoms with Crippen LogP contribution in [0.4, 0.5) is 0 Å². The lowest BCUT2D eigenvalue weighted by Crippen LogP contribution is -2.40. The van der Waals surface area contributed by atoms with Crippen molar-refractivity contribution in [3.8, 4) is 17.5 Å². The van der Waals surface area contributed by atoms with Crippen molar-refractivity contribution in [3.63, 3.8) is 0 Å². The van der Waals surface area contributed by atoms with Crippen molar-refractivity contribution in [2.45, 2.75) is 26.4 Å². The van der Waals surface area contributed by atoms with Gasteiger partial charge in [-0.3, -0.25) is 27.9 Å². The first-order chi connectivity index (χ1) is 26.3. The van der Waals surface area contributed by atoms with Gasteiger partial charge in [0, 0.05) is 29.2 Å². The van der Waals surface area contributed by atoms with Gasteiger partial charge in [0.25, 0.3) is 11.1 Å². The zero-order valence-electron chi connectivity index (χ0n) is 29.9. The molecule has 1 unspecified atom stereocenters. The van der Waals surface area contributed by atoms with Crippen molar-refractivity contribution < 1.29 is 19.0 Å². The van der Waals surface area contributed by atoms with Crippen molar-refractivity contribution >= 4 is 69.3 Å². The Morgan fingerprint density at radius 3 is 2.42 bits per heavy atom. The maximum absolute atomic E-state index is 14.2. The molecule has 7 rings (SSSR count). The number of benzene rings is 3. The average molecular weight is 822 g/mol. The molecule has 6 aromatic rings. The third kappa shape index (κ3) is 6.79. The van der Waals surface area contributed by atoms with Gasteiger partial charge in [-0.1, -0.05) is 76.5 Å². The smallest absolute Gasteiger partial charge is 0.338 e. The minimum atomic E-state index is -0.866. The maximum atomic E-state index is 14.2. The zero-order valence-corrected chi connectivity index (χ0v) is 33.0. The zero-order chi connectivity index (χ0) is 39.3. The largest absolute Gasteiger partial charge is 0.493 e. The monoisotopic (exact) mass is 820 g/mol. The molecular weight excluding hydrogens is 791 g/mol. The van der Waals surface area contributed by atoms with Gasteiger partial charge in [0.15, 0.2) is 27.5 Å². The van der Waals surface area contributed by atoms with Crippen LogP contribution in [0.25, 0.3) is 17.2 Å². The summed E-state index contributed by atoms with van der Waals surface area (Å²) in [6.45, 7) is 3.61. The highest BCUT2D eigenvalue weighted by Gasteiger charge is 2.34. The van der Waals surface area contributed by atoms with Gasteiger partial charge in [-0.15, -0.1) is 0 Å². The Morgan fingerprint density at radius 1 is 0.945 bits per heavy atom. The molecule has 0 saturated heterocycles. The number of rotatable bonds is 9. The number of aromatic nitrogens is 5. The van der Waals surface area contributed by atoms with E-state index in [1.165, 1.54) is 34.9 Å². The molecule has 0 bridgehead atoms. The van der Waals surface area contributed by atoms with Gasteiger partial charge < -0.3 is 14.2 Å². The van der Waals surface area contributed by atoms with Gasteiger partial charge in [0.05, 0.1) is 36.1 Å². The molecule has 4 heterocycles. The highest BCUT2D eigenvalue weighted by Crippen LogP contribution is 2.36. The second-order valence-corrected chi connectivity index (χ2v) is 14.7. The van der Waals surface area contributed by atoms with Gasteiger partial charge >= 0.3 is 17.7 Å². The van der Waals surface area contributed by atoms with Crippen molar-refractivity contribution in [1.29, 1.82) is 0 Å². The first-order valence-electron chi connectivity index (χ1n) is 16.7. The molecule has 0 fully saturated rings. The number of hydrogen-bond donors (Lipinski definition) is 0. The molecule has 282 valence electrons. The molecule has 1 aliphatic heterocycles. The molecule has 1 atom stereocenters. The standard InChI is InChI=1S/C38H31Cl3N6O7S/c1-6-53-35(50)29-19(2)42-37-47(30(29)23-9-7-8-10-24(23)40)33(48)28(55-37)16-20-11-14-26(27(15-20)52-5)54-36-43-32-31(34(49)45(4)38(51)44(32)3)46(36)18-21-12-13-22(39)17-25(21)41/h7-17,30H,6,18H2,1-5H3. The minimum Gasteiger partial charge on any atom is -0.493 e. The highest BCUT2D eigenvalue weighted by molar-refractivity contribution is 7.07. The molecule has 3 aromatic carbocycles. The second kappa shape index (κ2) is 15.0. The van der Waals surface area contributed by atoms with E-state index in [1.54, 1.807) is 80.6 Å². The summed E-state index contributed by atoms with van der Waals surface area (Å²) in [6, 6.07) is 16.1. The lowest BCUT2D eigenvalue weighted by atomic mass is 9.96. The minimum absolute atomic E-state index is 0.00831. The molecular formula is C38H31Cl3N6O7S. The van der Waals surface area contributed by atoms with Gasteiger partial charge in [-0.25, -0.2) is 14.6 Å². The third-order valence-corrected chi connectivity index (χ3v) is 11.0. The topological polar surface area (TPSA) is 141 Å². The summed E-state index contributed by atoms with van der Waals surface area (Å²) >= 11 is 20.4. The summed E-state index contributed by atoms with van der Waals surface area (Å²) < 4.78 is 23.0. The van der Waals surface area contributed by atoms with E-state index in [1.807, 2.05) is 0 Å². The quantitative estimate of drug-likeness (QED) is 0.178. The normalized spacial score (nSPS) is 14.3. The van der Waals surface area contributed by atoms with E-state index in [4.69, 9.17) is 49.0 Å². The molecule has 0 radical (unpaired) electrons. The Labute approximate surface area is 331 Å². The van der Waals surface area contributed by atoms with Crippen LogP contribution in [0.3, 0.4) is 0 Å². The van der Waals surface area contributed by atoms with Crippen molar-refractivity contribution in [3.05, 3.63) is 144 Å². The number of hydrogen-bond acceptors (Lipinski definition) is 10. The van der Waals surface area contributed by atoms with Crippen molar-refractivity contribution in [2.75, 3.05) is 13.7 Å². The first-order valence-corrected chi connectivity index (χ1v) is 18.7. The Kier molecular flexibility index (Phi) is 10.3. The van der Waals surface area contributed by atoms with E-state index in [0.29, 0.717) is 46.8 Å². The van der Waals surface area contributed by atoms with E-state index in [0.717, 1.165) is 15.9 Å².